The van der Waals surface area contributed by atoms with Gasteiger partial charge >= 0.3 is 5.97 Å². The molecule has 0 aliphatic rings. The summed E-state index contributed by atoms with van der Waals surface area (Å²) in [7, 11) is 1.43. The molecule has 166 valence electrons. The van der Waals surface area contributed by atoms with Gasteiger partial charge in [-0.25, -0.2) is 4.79 Å². The monoisotopic (exact) mass is 425 g/mol. The quantitative estimate of drug-likeness (QED) is 0.169. The molecule has 0 radical (unpaired) electrons. The Hall–Kier alpha value is -3.28. The minimum Gasteiger partial charge on any atom is -0.503 e. The predicted molar refractivity (Wildman–Crippen MR) is 122 cm³/mol. The Morgan fingerprint density at radius 2 is 1.84 bits per heavy atom. The molecule has 0 bridgehead atoms. The highest BCUT2D eigenvalue weighted by Crippen LogP contribution is 2.27. The van der Waals surface area contributed by atoms with Gasteiger partial charge < -0.3 is 19.4 Å². The van der Waals surface area contributed by atoms with Crippen LogP contribution >= 0.6 is 0 Å². The topological polar surface area (TPSA) is 77.3 Å². The first kappa shape index (κ1) is 24.0. The van der Waals surface area contributed by atoms with E-state index in [4.69, 9.17) is 14.3 Å². The molecular formula is C25H31NO5. The van der Waals surface area contributed by atoms with Crippen molar-refractivity contribution >= 4 is 17.3 Å². The molecule has 31 heavy (non-hydrogen) atoms. The van der Waals surface area contributed by atoms with Crippen LogP contribution in [0.4, 0.5) is 0 Å². The lowest BCUT2D eigenvalue weighted by molar-refractivity contribution is -0.130. The lowest BCUT2D eigenvalue weighted by Crippen LogP contribution is -2.08. The Kier molecular flexibility index (Phi) is 9.13. The average molecular weight is 426 g/mol. The average Bonchev–Trinajstić information content (AvgIpc) is 2.76. The minimum absolute atomic E-state index is 0.0841. The summed E-state index contributed by atoms with van der Waals surface area (Å²) in [4.78, 5) is 17.0. The van der Waals surface area contributed by atoms with Crippen molar-refractivity contribution in [1.82, 2.24) is 0 Å². The van der Waals surface area contributed by atoms with Crippen molar-refractivity contribution in [2.75, 3.05) is 13.7 Å². The Morgan fingerprint density at radius 1 is 1.10 bits per heavy atom. The van der Waals surface area contributed by atoms with Crippen LogP contribution < -0.4 is 4.74 Å². The molecule has 0 fully saturated rings. The second-order valence-electron chi connectivity index (χ2n) is 7.18. The van der Waals surface area contributed by atoms with Crippen LogP contribution in [-0.2, 0) is 21.0 Å². The second kappa shape index (κ2) is 11.8. The summed E-state index contributed by atoms with van der Waals surface area (Å²) >= 11 is 0. The van der Waals surface area contributed by atoms with Crippen LogP contribution in [0, 0.1) is 13.8 Å². The van der Waals surface area contributed by atoms with Gasteiger partial charge in [-0.15, -0.1) is 0 Å². The van der Waals surface area contributed by atoms with E-state index in [1.54, 1.807) is 12.1 Å². The van der Waals surface area contributed by atoms with Gasteiger partial charge in [-0.1, -0.05) is 43.3 Å². The van der Waals surface area contributed by atoms with E-state index in [0.717, 1.165) is 46.6 Å². The number of oxime groups is 1. The van der Waals surface area contributed by atoms with Gasteiger partial charge in [0.1, 0.15) is 24.5 Å². The number of carboxylic acids is 1. The fourth-order valence-corrected chi connectivity index (χ4v) is 3.19. The normalized spacial score (nSPS) is 11.9. The van der Waals surface area contributed by atoms with E-state index in [0.29, 0.717) is 12.2 Å². The molecule has 0 aliphatic heterocycles. The van der Waals surface area contributed by atoms with Crippen molar-refractivity contribution in [3.63, 3.8) is 0 Å². The van der Waals surface area contributed by atoms with Gasteiger partial charge in [0.05, 0.1) is 19.1 Å². The number of methoxy groups -OCH3 is 1. The van der Waals surface area contributed by atoms with Crippen LogP contribution in [0.1, 0.15) is 54.5 Å². The number of aliphatic carboxylic acids is 1. The number of nitrogens with zero attached hydrogens (tertiary/aromatic N) is 1. The number of aryl methyl sites for hydroxylation is 2. The van der Waals surface area contributed by atoms with E-state index >= 15 is 0 Å². The molecular weight excluding hydrogens is 394 g/mol. The minimum atomic E-state index is -1.05. The molecule has 0 saturated heterocycles. The third-order valence-electron chi connectivity index (χ3n) is 4.79. The summed E-state index contributed by atoms with van der Waals surface area (Å²) in [5, 5.41) is 13.8. The van der Waals surface area contributed by atoms with Crippen molar-refractivity contribution in [3.05, 3.63) is 70.5 Å². The summed E-state index contributed by atoms with van der Waals surface area (Å²) in [6.45, 7) is 8.93. The van der Waals surface area contributed by atoms with Gasteiger partial charge in [0.15, 0.2) is 0 Å². The molecule has 0 amide bonds. The van der Waals surface area contributed by atoms with E-state index in [9.17, 15) is 9.90 Å². The van der Waals surface area contributed by atoms with Crippen LogP contribution in [0.2, 0.25) is 0 Å². The van der Waals surface area contributed by atoms with Gasteiger partial charge in [-0.2, -0.15) is 0 Å². The van der Waals surface area contributed by atoms with Gasteiger partial charge in [0.25, 0.3) is 0 Å². The molecule has 0 spiro atoms. The predicted octanol–water partition coefficient (Wildman–Crippen LogP) is 5.50. The standard InChI is InChI=1S/C25H31NO5/c1-6-12-31-26-23(7-2)21-13-18(4)24(14-17(21)3)30-15-19-10-8-9-11-20(19)22(16-29-5)25(27)28/h8-11,13-14,16H,6-7,12,15H2,1-5H3,(H,27,28). The SMILES string of the molecule is CCCON=C(CC)c1cc(C)c(OCc2ccccc2C(=COC)C(=O)O)cc1C. The first-order chi connectivity index (χ1) is 14.9. The molecule has 0 aromatic heterocycles. The fourth-order valence-electron chi connectivity index (χ4n) is 3.19. The van der Waals surface area contributed by atoms with Crippen molar-refractivity contribution in [2.24, 2.45) is 5.16 Å². The zero-order chi connectivity index (χ0) is 22.8. The summed E-state index contributed by atoms with van der Waals surface area (Å²) in [5.41, 5.74) is 5.37. The lowest BCUT2D eigenvalue weighted by Gasteiger charge is -2.16. The van der Waals surface area contributed by atoms with Crippen molar-refractivity contribution in [2.45, 2.75) is 47.1 Å². The fraction of sp³-hybridized carbons (Fsp3) is 0.360. The number of hydrogen-bond acceptors (Lipinski definition) is 5. The largest absolute Gasteiger partial charge is 0.503 e. The number of hydrogen-bond donors (Lipinski definition) is 1. The van der Waals surface area contributed by atoms with E-state index in [2.05, 4.69) is 18.1 Å². The molecule has 0 atom stereocenters. The molecule has 6 heteroatoms. The molecule has 2 aromatic carbocycles. The molecule has 1 N–H and O–H groups in total. The zero-order valence-electron chi connectivity index (χ0n) is 18.9. The smallest absolute Gasteiger partial charge is 0.339 e. The number of carbonyl (C=O) groups is 1. The third-order valence-corrected chi connectivity index (χ3v) is 4.79. The summed E-state index contributed by atoms with van der Waals surface area (Å²) < 4.78 is 11.0. The highest BCUT2D eigenvalue weighted by molar-refractivity contribution is 6.15. The van der Waals surface area contributed by atoms with Crippen LogP contribution in [0.15, 0.2) is 47.8 Å². The molecule has 0 aliphatic carbocycles. The Balaban J connectivity index is 2.28. The zero-order valence-corrected chi connectivity index (χ0v) is 18.9. The van der Waals surface area contributed by atoms with Gasteiger partial charge in [0, 0.05) is 5.56 Å². The number of carboxylic acid groups (broad SMARTS) is 1. The highest BCUT2D eigenvalue weighted by atomic mass is 16.6. The molecule has 2 aromatic rings. The number of benzene rings is 2. The van der Waals surface area contributed by atoms with Crippen molar-refractivity contribution in [1.29, 1.82) is 0 Å². The third kappa shape index (κ3) is 6.35. The maximum atomic E-state index is 11.6. The molecule has 0 heterocycles. The van der Waals surface area contributed by atoms with Gasteiger partial charge in [0.2, 0.25) is 0 Å². The maximum Gasteiger partial charge on any atom is 0.339 e. The van der Waals surface area contributed by atoms with Crippen LogP contribution in [0.25, 0.3) is 5.57 Å². The Morgan fingerprint density at radius 3 is 2.48 bits per heavy atom. The van der Waals surface area contributed by atoms with Crippen molar-refractivity contribution < 1.29 is 24.2 Å². The number of rotatable bonds is 11. The Labute approximate surface area is 184 Å². The summed E-state index contributed by atoms with van der Waals surface area (Å²) in [6, 6.07) is 11.3. The van der Waals surface area contributed by atoms with E-state index in [1.807, 2.05) is 39.0 Å². The summed E-state index contributed by atoms with van der Waals surface area (Å²) in [6.07, 6.45) is 2.91. The lowest BCUT2D eigenvalue weighted by atomic mass is 9.99. The second-order valence-corrected chi connectivity index (χ2v) is 7.18. The van der Waals surface area contributed by atoms with E-state index in [1.165, 1.54) is 13.4 Å². The maximum absolute atomic E-state index is 11.6. The first-order valence-corrected chi connectivity index (χ1v) is 10.4. The van der Waals surface area contributed by atoms with Crippen molar-refractivity contribution in [3.8, 4) is 5.75 Å². The first-order valence-electron chi connectivity index (χ1n) is 10.4. The van der Waals surface area contributed by atoms with Crippen LogP contribution in [-0.4, -0.2) is 30.5 Å². The van der Waals surface area contributed by atoms with E-state index < -0.39 is 5.97 Å². The number of ether oxygens (including phenoxy) is 2. The van der Waals surface area contributed by atoms with Gasteiger partial charge in [-0.3, -0.25) is 0 Å². The highest BCUT2D eigenvalue weighted by Gasteiger charge is 2.16. The van der Waals surface area contributed by atoms with E-state index in [-0.39, 0.29) is 12.2 Å². The molecule has 0 saturated carbocycles. The molecule has 6 nitrogen and oxygen atoms in total. The van der Waals surface area contributed by atoms with Crippen LogP contribution in [0.5, 0.6) is 5.75 Å². The van der Waals surface area contributed by atoms with Crippen LogP contribution in [0.3, 0.4) is 0 Å². The van der Waals surface area contributed by atoms with Gasteiger partial charge in [-0.05, 0) is 61.1 Å². The Bertz CT molecular complexity index is 962. The molecule has 0 unspecified atom stereocenters. The molecule has 2 rings (SSSR count). The summed E-state index contributed by atoms with van der Waals surface area (Å²) in [5.74, 6) is -0.309.